The maximum absolute atomic E-state index is 3.26. The molecule has 1 N–H and O–H groups in total. The third-order valence-corrected chi connectivity index (χ3v) is 2.39. The van der Waals surface area contributed by atoms with Crippen molar-refractivity contribution < 1.29 is 4.58 Å². The van der Waals surface area contributed by atoms with E-state index in [1.807, 2.05) is 0 Å². The molecule has 2 rings (SSSR count). The molecule has 0 radical (unpaired) electrons. The zero-order chi connectivity index (χ0) is 9.10. The lowest BCUT2D eigenvalue weighted by atomic mass is 10.2. The van der Waals surface area contributed by atoms with Gasteiger partial charge in [0.1, 0.15) is 5.69 Å². The normalized spacial score (nSPS) is 16.2. The van der Waals surface area contributed by atoms with Crippen LogP contribution in [0, 0.1) is 6.92 Å². The first-order chi connectivity index (χ1) is 6.38. The summed E-state index contributed by atoms with van der Waals surface area (Å²) >= 11 is 0. The number of rotatable bonds is 1. The van der Waals surface area contributed by atoms with Gasteiger partial charge in [-0.3, -0.25) is 5.32 Å². The van der Waals surface area contributed by atoms with E-state index in [0.29, 0.717) is 0 Å². The minimum Gasteiger partial charge on any atom is -0.281 e. The molecule has 1 heterocycles. The lowest BCUT2D eigenvalue weighted by Crippen LogP contribution is -2.29. The summed E-state index contributed by atoms with van der Waals surface area (Å²) in [6, 6.07) is 8.48. The molecule has 0 unspecified atom stereocenters. The van der Waals surface area contributed by atoms with E-state index in [1.54, 1.807) is 0 Å². The molecule has 2 heteroatoms. The third-order valence-electron chi connectivity index (χ3n) is 2.39. The Balaban J connectivity index is 2.34. The van der Waals surface area contributed by atoms with E-state index in [0.717, 1.165) is 13.1 Å². The minimum absolute atomic E-state index is 1.10. The molecule has 0 saturated heterocycles. The summed E-state index contributed by atoms with van der Waals surface area (Å²) in [7, 11) is 0. The largest absolute Gasteiger partial charge is 0.281 e. The van der Waals surface area contributed by atoms with Crippen molar-refractivity contribution in [3.63, 3.8) is 0 Å². The first-order valence-corrected chi connectivity index (χ1v) is 4.77. The predicted octanol–water partition coefficient (Wildman–Crippen LogP) is 1.66. The standard InChI is InChI=1S/C11H14N2/c1-10-5-2-3-6-11(10)13-8-4-7-12-9-13/h2-3,5-6,9H,4,7-8H2,1H3/p+1. The van der Waals surface area contributed by atoms with E-state index in [-0.39, 0.29) is 0 Å². The summed E-state index contributed by atoms with van der Waals surface area (Å²) in [6.07, 6.45) is 3.29. The van der Waals surface area contributed by atoms with Crippen LogP contribution < -0.4 is 5.32 Å². The zero-order valence-corrected chi connectivity index (χ0v) is 7.96. The number of nitrogens with zero attached hydrogens (tertiary/aromatic N) is 1. The highest BCUT2D eigenvalue weighted by Gasteiger charge is 2.10. The van der Waals surface area contributed by atoms with E-state index >= 15 is 0 Å². The first-order valence-electron chi connectivity index (χ1n) is 4.77. The highest BCUT2D eigenvalue weighted by Crippen LogP contribution is 2.17. The summed E-state index contributed by atoms with van der Waals surface area (Å²) in [5.41, 5.74) is 2.65. The molecule has 68 valence electrons. The van der Waals surface area contributed by atoms with Crippen LogP contribution in [0.2, 0.25) is 0 Å². The van der Waals surface area contributed by atoms with E-state index < -0.39 is 0 Å². The van der Waals surface area contributed by atoms with Gasteiger partial charge in [-0.15, -0.1) is 0 Å². The SMILES string of the molecule is Cc1ccccc1[N+]1=CNCCC1. The molecule has 1 aromatic carbocycles. The Morgan fingerprint density at radius 1 is 1.31 bits per heavy atom. The van der Waals surface area contributed by atoms with Gasteiger partial charge in [0.25, 0.3) is 0 Å². The molecule has 1 aliphatic heterocycles. The fourth-order valence-corrected chi connectivity index (χ4v) is 1.67. The molecule has 0 aromatic heterocycles. The Hall–Kier alpha value is -1.31. The second kappa shape index (κ2) is 3.60. The van der Waals surface area contributed by atoms with Crippen molar-refractivity contribution in [2.75, 3.05) is 13.1 Å². The Kier molecular flexibility index (Phi) is 2.30. The predicted molar refractivity (Wildman–Crippen MR) is 54.7 cm³/mol. The smallest absolute Gasteiger partial charge is 0.237 e. The molecule has 1 aromatic rings. The highest BCUT2D eigenvalue weighted by molar-refractivity contribution is 5.53. The van der Waals surface area contributed by atoms with Crippen LogP contribution in [-0.4, -0.2) is 24.0 Å². The van der Waals surface area contributed by atoms with Gasteiger partial charge >= 0.3 is 0 Å². The lowest BCUT2D eigenvalue weighted by molar-refractivity contribution is -0.442. The van der Waals surface area contributed by atoms with Crippen LogP contribution in [0.1, 0.15) is 12.0 Å². The van der Waals surface area contributed by atoms with Crippen LogP contribution in [0.25, 0.3) is 0 Å². The van der Waals surface area contributed by atoms with Gasteiger partial charge in [-0.05, 0) is 18.6 Å². The van der Waals surface area contributed by atoms with Crippen molar-refractivity contribution in [2.24, 2.45) is 0 Å². The van der Waals surface area contributed by atoms with Crippen molar-refractivity contribution in [3.05, 3.63) is 29.8 Å². The number of para-hydroxylation sites is 1. The summed E-state index contributed by atoms with van der Waals surface area (Å²) < 4.78 is 2.28. The van der Waals surface area contributed by atoms with Crippen LogP contribution in [0.4, 0.5) is 5.69 Å². The van der Waals surface area contributed by atoms with Crippen LogP contribution >= 0.6 is 0 Å². The van der Waals surface area contributed by atoms with E-state index in [4.69, 9.17) is 0 Å². The average molecular weight is 175 g/mol. The summed E-state index contributed by atoms with van der Waals surface area (Å²) in [5, 5.41) is 3.26. The Labute approximate surface area is 78.9 Å². The molecule has 2 nitrogen and oxygen atoms in total. The molecule has 0 amide bonds. The highest BCUT2D eigenvalue weighted by atomic mass is 15.1. The average Bonchev–Trinajstić information content (AvgIpc) is 2.20. The monoisotopic (exact) mass is 175 g/mol. The number of nitrogens with one attached hydrogen (secondary N) is 1. The molecule has 0 saturated carbocycles. The third kappa shape index (κ3) is 1.72. The second-order valence-electron chi connectivity index (χ2n) is 3.42. The fourth-order valence-electron chi connectivity index (χ4n) is 1.67. The number of aryl methyl sites for hydroxylation is 1. The van der Waals surface area contributed by atoms with Crippen LogP contribution in [0.15, 0.2) is 24.3 Å². The fraction of sp³-hybridized carbons (Fsp3) is 0.364. The van der Waals surface area contributed by atoms with Crippen molar-refractivity contribution >= 4 is 12.0 Å². The molecule has 0 atom stereocenters. The lowest BCUT2D eigenvalue weighted by Gasteiger charge is -2.12. The molecular formula is C11H15N2+. The van der Waals surface area contributed by atoms with Crippen LogP contribution in [0.3, 0.4) is 0 Å². The molecule has 1 aliphatic rings. The molecule has 13 heavy (non-hydrogen) atoms. The summed E-state index contributed by atoms with van der Waals surface area (Å²) in [5.74, 6) is 0. The first kappa shape index (κ1) is 8.30. The van der Waals surface area contributed by atoms with Crippen LogP contribution in [0.5, 0.6) is 0 Å². The van der Waals surface area contributed by atoms with Crippen molar-refractivity contribution in [1.82, 2.24) is 5.32 Å². The van der Waals surface area contributed by atoms with Gasteiger partial charge in [0.05, 0.1) is 13.1 Å². The molecule has 0 spiro atoms. The molecule has 0 bridgehead atoms. The molecule has 0 aliphatic carbocycles. The summed E-state index contributed by atoms with van der Waals surface area (Å²) in [6.45, 7) is 4.37. The van der Waals surface area contributed by atoms with Gasteiger partial charge in [0.15, 0.2) is 0 Å². The molecule has 0 fully saturated rings. The van der Waals surface area contributed by atoms with Gasteiger partial charge in [0.2, 0.25) is 6.34 Å². The van der Waals surface area contributed by atoms with Crippen molar-refractivity contribution in [2.45, 2.75) is 13.3 Å². The van der Waals surface area contributed by atoms with Gasteiger partial charge in [-0.2, -0.15) is 0 Å². The van der Waals surface area contributed by atoms with Gasteiger partial charge in [0, 0.05) is 6.42 Å². The zero-order valence-electron chi connectivity index (χ0n) is 7.96. The van der Waals surface area contributed by atoms with E-state index in [1.165, 1.54) is 17.7 Å². The quantitative estimate of drug-likeness (QED) is 0.641. The maximum Gasteiger partial charge on any atom is 0.237 e. The van der Waals surface area contributed by atoms with Crippen LogP contribution in [-0.2, 0) is 0 Å². The number of hydrogen-bond donors (Lipinski definition) is 1. The molecular weight excluding hydrogens is 160 g/mol. The second-order valence-corrected chi connectivity index (χ2v) is 3.42. The van der Waals surface area contributed by atoms with Gasteiger partial charge in [-0.1, -0.05) is 18.2 Å². The Bertz CT molecular complexity index is 329. The Morgan fingerprint density at radius 3 is 2.85 bits per heavy atom. The topological polar surface area (TPSA) is 15.0 Å². The summed E-state index contributed by atoms with van der Waals surface area (Å²) in [4.78, 5) is 0. The minimum atomic E-state index is 1.10. The maximum atomic E-state index is 3.26. The Morgan fingerprint density at radius 2 is 2.15 bits per heavy atom. The number of benzene rings is 1. The number of hydrogen-bond acceptors (Lipinski definition) is 1. The van der Waals surface area contributed by atoms with Crippen molar-refractivity contribution in [1.29, 1.82) is 0 Å². The van der Waals surface area contributed by atoms with Gasteiger partial charge < -0.3 is 0 Å². The van der Waals surface area contributed by atoms with Crippen molar-refractivity contribution in [3.8, 4) is 0 Å². The van der Waals surface area contributed by atoms with Gasteiger partial charge in [-0.25, -0.2) is 4.58 Å². The van der Waals surface area contributed by atoms with E-state index in [9.17, 15) is 0 Å². The van der Waals surface area contributed by atoms with E-state index in [2.05, 4.69) is 47.4 Å².